The lowest BCUT2D eigenvalue weighted by Crippen LogP contribution is -2.21. The Morgan fingerprint density at radius 3 is 2.03 bits per heavy atom. The van der Waals surface area contributed by atoms with Gasteiger partial charge in [0.2, 0.25) is 5.91 Å². The molecule has 2 amide bonds. The van der Waals surface area contributed by atoms with Crippen molar-refractivity contribution in [2.75, 3.05) is 4.90 Å². The monoisotopic (exact) mass is 439 g/mol. The molecule has 2 aromatic carbocycles. The summed E-state index contributed by atoms with van der Waals surface area (Å²) >= 11 is 1.48. The molecule has 0 bridgehead atoms. The summed E-state index contributed by atoms with van der Waals surface area (Å²) in [7, 11) is 0. The predicted molar refractivity (Wildman–Crippen MR) is 124 cm³/mol. The standard InChI is InChI=1S/C24H26FN3O2S/c1-13(2)20-16(23(26)29)8-9-18(21(20)14(3)4)28(15-10-11-31-12-15)19-7-5-6-17(22(19)25)24(27)30/h5-14H,1-4H3,(H2,26,29)(H2,27,30). The molecule has 0 atom stereocenters. The molecule has 5 nitrogen and oxygen atoms in total. The Hall–Kier alpha value is -3.19. The lowest BCUT2D eigenvalue weighted by Gasteiger charge is -2.31. The number of amides is 2. The fourth-order valence-electron chi connectivity index (χ4n) is 3.94. The highest BCUT2D eigenvalue weighted by atomic mass is 32.1. The van der Waals surface area contributed by atoms with E-state index in [0.29, 0.717) is 5.56 Å². The second-order valence-corrected chi connectivity index (χ2v) is 8.73. The van der Waals surface area contributed by atoms with Gasteiger partial charge in [-0.05, 0) is 58.7 Å². The summed E-state index contributed by atoms with van der Waals surface area (Å²) in [5, 5.41) is 3.80. The fourth-order valence-corrected chi connectivity index (χ4v) is 4.56. The quantitative estimate of drug-likeness (QED) is 0.487. The molecule has 0 saturated heterocycles. The Balaban J connectivity index is 2.40. The van der Waals surface area contributed by atoms with Crippen LogP contribution in [-0.2, 0) is 0 Å². The first-order valence-electron chi connectivity index (χ1n) is 10.0. The number of benzene rings is 2. The molecule has 1 aromatic heterocycles. The molecule has 3 aromatic rings. The molecule has 162 valence electrons. The Morgan fingerprint density at radius 2 is 1.52 bits per heavy atom. The summed E-state index contributed by atoms with van der Waals surface area (Å²) < 4.78 is 15.4. The first kappa shape index (κ1) is 22.5. The topological polar surface area (TPSA) is 89.4 Å². The Morgan fingerprint density at radius 1 is 0.871 bits per heavy atom. The fraction of sp³-hybridized carbons (Fsp3) is 0.250. The molecule has 0 saturated carbocycles. The number of hydrogen-bond donors (Lipinski definition) is 2. The third-order valence-corrected chi connectivity index (χ3v) is 5.85. The Labute approximate surface area is 185 Å². The van der Waals surface area contributed by atoms with Crippen LogP contribution in [0.2, 0.25) is 0 Å². The van der Waals surface area contributed by atoms with E-state index in [1.54, 1.807) is 29.2 Å². The highest BCUT2D eigenvalue weighted by Gasteiger charge is 2.27. The molecule has 0 aliphatic heterocycles. The number of thiophene rings is 1. The van der Waals surface area contributed by atoms with Crippen LogP contribution in [-0.4, -0.2) is 11.8 Å². The third-order valence-electron chi connectivity index (χ3n) is 5.17. The minimum atomic E-state index is -0.833. The summed E-state index contributed by atoms with van der Waals surface area (Å²) in [5.41, 5.74) is 14.8. The number of nitrogens with two attached hydrogens (primary N) is 2. The summed E-state index contributed by atoms with van der Waals surface area (Å²) in [6, 6.07) is 9.94. The highest BCUT2D eigenvalue weighted by Crippen LogP contribution is 2.44. The van der Waals surface area contributed by atoms with E-state index in [1.807, 2.05) is 44.5 Å². The number of rotatable bonds is 7. The number of carbonyl (C=O) groups is 2. The largest absolute Gasteiger partial charge is 0.366 e. The van der Waals surface area contributed by atoms with Crippen LogP contribution in [0.1, 0.15) is 71.4 Å². The van der Waals surface area contributed by atoms with Crippen molar-refractivity contribution in [1.82, 2.24) is 0 Å². The molecule has 0 unspecified atom stereocenters. The van der Waals surface area contributed by atoms with Crippen LogP contribution in [0.15, 0.2) is 47.2 Å². The van der Waals surface area contributed by atoms with E-state index in [0.717, 1.165) is 22.5 Å². The summed E-state index contributed by atoms with van der Waals surface area (Å²) in [6.45, 7) is 8.05. The molecule has 0 radical (unpaired) electrons. The van der Waals surface area contributed by atoms with Crippen molar-refractivity contribution in [3.8, 4) is 0 Å². The lowest BCUT2D eigenvalue weighted by atomic mass is 9.84. The molecular formula is C24H26FN3O2S. The van der Waals surface area contributed by atoms with Crippen LogP contribution in [0.3, 0.4) is 0 Å². The molecule has 0 spiro atoms. The molecular weight excluding hydrogens is 413 g/mol. The van der Waals surface area contributed by atoms with Crippen LogP contribution in [0.4, 0.5) is 21.5 Å². The molecule has 0 fully saturated rings. The summed E-state index contributed by atoms with van der Waals surface area (Å²) in [4.78, 5) is 25.7. The van der Waals surface area contributed by atoms with Gasteiger partial charge in [-0.2, -0.15) is 11.3 Å². The SMILES string of the molecule is CC(C)c1c(C(N)=O)ccc(N(c2ccsc2)c2cccc(C(N)=O)c2F)c1C(C)C. The van der Waals surface area contributed by atoms with Crippen LogP contribution in [0.25, 0.3) is 0 Å². The molecule has 1 heterocycles. The van der Waals surface area contributed by atoms with Crippen molar-refractivity contribution in [3.05, 3.63) is 75.2 Å². The molecule has 3 rings (SSSR count). The second-order valence-electron chi connectivity index (χ2n) is 7.95. The zero-order valence-electron chi connectivity index (χ0n) is 18.0. The average molecular weight is 440 g/mol. The van der Waals surface area contributed by atoms with Gasteiger partial charge in [-0.15, -0.1) is 0 Å². The van der Waals surface area contributed by atoms with Crippen LogP contribution >= 0.6 is 11.3 Å². The van der Waals surface area contributed by atoms with Gasteiger partial charge in [0, 0.05) is 10.9 Å². The number of anilines is 3. The second kappa shape index (κ2) is 8.89. The molecule has 4 N–H and O–H groups in total. The van der Waals surface area contributed by atoms with E-state index in [9.17, 15) is 9.59 Å². The van der Waals surface area contributed by atoms with Gasteiger partial charge in [-0.25, -0.2) is 4.39 Å². The van der Waals surface area contributed by atoms with Gasteiger partial charge in [-0.3, -0.25) is 9.59 Å². The highest BCUT2D eigenvalue weighted by molar-refractivity contribution is 7.08. The van der Waals surface area contributed by atoms with Gasteiger partial charge in [0.25, 0.3) is 5.91 Å². The molecule has 0 aliphatic carbocycles. The van der Waals surface area contributed by atoms with Gasteiger partial charge >= 0.3 is 0 Å². The number of carbonyl (C=O) groups excluding carboxylic acids is 2. The number of halogens is 1. The van der Waals surface area contributed by atoms with Crippen molar-refractivity contribution < 1.29 is 14.0 Å². The predicted octanol–water partition coefficient (Wildman–Crippen LogP) is 5.80. The normalized spacial score (nSPS) is 11.2. The van der Waals surface area contributed by atoms with Gasteiger partial charge in [0.1, 0.15) is 0 Å². The summed E-state index contributed by atoms with van der Waals surface area (Å²) in [5.74, 6) is -1.98. The molecule has 7 heteroatoms. The molecule has 31 heavy (non-hydrogen) atoms. The zero-order chi connectivity index (χ0) is 22.9. The first-order chi connectivity index (χ1) is 14.6. The van der Waals surface area contributed by atoms with E-state index < -0.39 is 17.6 Å². The minimum absolute atomic E-state index is 0.0194. The van der Waals surface area contributed by atoms with Crippen molar-refractivity contribution in [3.63, 3.8) is 0 Å². The van der Waals surface area contributed by atoms with Crippen molar-refractivity contribution in [2.45, 2.75) is 39.5 Å². The van der Waals surface area contributed by atoms with Crippen LogP contribution < -0.4 is 16.4 Å². The van der Waals surface area contributed by atoms with Gasteiger partial charge < -0.3 is 16.4 Å². The Bertz CT molecular complexity index is 1120. The smallest absolute Gasteiger partial charge is 0.251 e. The van der Waals surface area contributed by atoms with Gasteiger partial charge in [0.05, 0.1) is 22.6 Å². The van der Waals surface area contributed by atoms with Gasteiger partial charge in [0.15, 0.2) is 5.82 Å². The van der Waals surface area contributed by atoms with E-state index in [4.69, 9.17) is 11.5 Å². The average Bonchev–Trinajstić information content (AvgIpc) is 3.22. The van der Waals surface area contributed by atoms with E-state index in [1.165, 1.54) is 17.4 Å². The maximum Gasteiger partial charge on any atom is 0.251 e. The molecule has 0 aliphatic rings. The number of nitrogens with zero attached hydrogens (tertiary/aromatic N) is 1. The lowest BCUT2D eigenvalue weighted by molar-refractivity contribution is 0.0989. The summed E-state index contributed by atoms with van der Waals surface area (Å²) in [6.07, 6.45) is 0. The third kappa shape index (κ3) is 4.18. The van der Waals surface area contributed by atoms with E-state index in [2.05, 4.69) is 0 Å². The minimum Gasteiger partial charge on any atom is -0.366 e. The van der Waals surface area contributed by atoms with Crippen molar-refractivity contribution in [1.29, 1.82) is 0 Å². The number of primary amides is 2. The van der Waals surface area contributed by atoms with Gasteiger partial charge in [-0.1, -0.05) is 33.8 Å². The number of hydrogen-bond acceptors (Lipinski definition) is 4. The van der Waals surface area contributed by atoms with Crippen molar-refractivity contribution in [2.24, 2.45) is 11.5 Å². The maximum atomic E-state index is 15.4. The zero-order valence-corrected chi connectivity index (χ0v) is 18.8. The van der Waals surface area contributed by atoms with Crippen molar-refractivity contribution >= 4 is 40.2 Å². The van der Waals surface area contributed by atoms with E-state index >= 15 is 4.39 Å². The first-order valence-corrected chi connectivity index (χ1v) is 11.0. The van der Waals surface area contributed by atoms with Crippen LogP contribution in [0.5, 0.6) is 0 Å². The Kier molecular flexibility index (Phi) is 6.45. The van der Waals surface area contributed by atoms with Crippen LogP contribution in [0, 0.1) is 5.82 Å². The maximum absolute atomic E-state index is 15.4. The van der Waals surface area contributed by atoms with E-state index in [-0.39, 0.29) is 23.1 Å².